The minimum Gasteiger partial charge on any atom is -0.494 e. The van der Waals surface area contributed by atoms with Crippen LogP contribution in [0, 0.1) is 10.1 Å². The largest absolute Gasteiger partial charge is 0.494 e. The van der Waals surface area contributed by atoms with Gasteiger partial charge < -0.3 is 10.1 Å². The van der Waals surface area contributed by atoms with E-state index in [1.165, 1.54) is 37.3 Å². The van der Waals surface area contributed by atoms with E-state index in [-0.39, 0.29) is 11.4 Å². The van der Waals surface area contributed by atoms with Crippen molar-refractivity contribution in [1.29, 1.82) is 0 Å². The second-order valence-electron chi connectivity index (χ2n) is 6.43. The average molecular weight is 408 g/mol. The Morgan fingerprint density at radius 2 is 1.93 bits per heavy atom. The van der Waals surface area contributed by atoms with Gasteiger partial charge in [-0.3, -0.25) is 19.7 Å². The van der Waals surface area contributed by atoms with Crippen molar-refractivity contribution in [3.63, 3.8) is 0 Å². The lowest BCUT2D eigenvalue weighted by molar-refractivity contribution is -0.384. The number of hydrogen-bond donors (Lipinski definition) is 1. The van der Waals surface area contributed by atoms with Crippen molar-refractivity contribution in [3.05, 3.63) is 81.1 Å². The summed E-state index contributed by atoms with van der Waals surface area (Å²) in [6.07, 6.45) is 0. The lowest BCUT2D eigenvalue weighted by atomic mass is 10.1. The first-order valence-electron chi connectivity index (χ1n) is 9.27. The number of nitrogens with zero attached hydrogens (tertiary/aromatic N) is 3. The predicted octanol–water partition coefficient (Wildman–Crippen LogP) is 3.42. The number of nitro groups is 1. The molecule has 0 aliphatic carbocycles. The maximum absolute atomic E-state index is 12.6. The third-order valence-corrected chi connectivity index (χ3v) is 4.36. The molecule has 1 amide bonds. The van der Waals surface area contributed by atoms with Crippen LogP contribution in [-0.2, 0) is 4.79 Å². The van der Waals surface area contributed by atoms with Crippen molar-refractivity contribution in [2.24, 2.45) is 0 Å². The van der Waals surface area contributed by atoms with Crippen LogP contribution in [0.4, 0.5) is 11.4 Å². The van der Waals surface area contributed by atoms with Gasteiger partial charge in [-0.2, -0.15) is 5.10 Å². The molecule has 0 radical (unpaired) electrons. The molecular weight excluding hydrogens is 388 g/mol. The molecule has 3 aromatic rings. The zero-order valence-corrected chi connectivity index (χ0v) is 16.4. The summed E-state index contributed by atoms with van der Waals surface area (Å²) >= 11 is 0. The summed E-state index contributed by atoms with van der Waals surface area (Å²) in [6, 6.07) is 14.8. The topological polar surface area (TPSA) is 116 Å². The Bertz CT molecular complexity index is 1120. The monoisotopic (exact) mass is 408 g/mol. The van der Waals surface area contributed by atoms with Gasteiger partial charge in [0.15, 0.2) is 0 Å². The standard InChI is InChI=1S/C21H20N4O5/c1-3-30-18-9-7-15(8-10-18)19-11-12-20(26)24(23-19)14(2)21(27)22-16-5-4-6-17(13-16)25(28)29/h4-14H,3H2,1-2H3,(H,22,27). The molecule has 9 heteroatoms. The smallest absolute Gasteiger partial charge is 0.271 e. The molecule has 30 heavy (non-hydrogen) atoms. The number of benzene rings is 2. The van der Waals surface area contributed by atoms with Crippen molar-refractivity contribution < 1.29 is 14.5 Å². The summed E-state index contributed by atoms with van der Waals surface area (Å²) in [7, 11) is 0. The normalized spacial score (nSPS) is 11.5. The molecule has 1 atom stereocenters. The Balaban J connectivity index is 1.83. The number of hydrogen-bond acceptors (Lipinski definition) is 6. The Kier molecular flexibility index (Phi) is 6.21. The molecule has 0 spiro atoms. The number of nitrogens with one attached hydrogen (secondary N) is 1. The van der Waals surface area contributed by atoms with Crippen LogP contribution >= 0.6 is 0 Å². The Morgan fingerprint density at radius 1 is 1.20 bits per heavy atom. The summed E-state index contributed by atoms with van der Waals surface area (Å²) < 4.78 is 6.50. The van der Waals surface area contributed by atoms with E-state index < -0.39 is 22.4 Å². The van der Waals surface area contributed by atoms with E-state index >= 15 is 0 Å². The molecule has 1 N–H and O–H groups in total. The van der Waals surface area contributed by atoms with Crippen molar-refractivity contribution in [1.82, 2.24) is 9.78 Å². The van der Waals surface area contributed by atoms with E-state index in [1.807, 2.05) is 19.1 Å². The summed E-state index contributed by atoms with van der Waals surface area (Å²) in [5.41, 5.74) is 0.961. The van der Waals surface area contributed by atoms with Gasteiger partial charge in [0.05, 0.1) is 17.2 Å². The van der Waals surface area contributed by atoms with Crippen LogP contribution in [0.25, 0.3) is 11.3 Å². The Morgan fingerprint density at radius 3 is 2.60 bits per heavy atom. The number of rotatable bonds is 7. The fourth-order valence-electron chi connectivity index (χ4n) is 2.80. The number of nitro benzene ring substituents is 1. The molecule has 9 nitrogen and oxygen atoms in total. The maximum atomic E-state index is 12.6. The molecule has 154 valence electrons. The second kappa shape index (κ2) is 8.99. The van der Waals surface area contributed by atoms with Gasteiger partial charge in [0, 0.05) is 29.4 Å². The lowest BCUT2D eigenvalue weighted by Crippen LogP contribution is -2.33. The molecule has 0 saturated heterocycles. The number of carbonyl (C=O) groups is 1. The van der Waals surface area contributed by atoms with E-state index in [9.17, 15) is 19.7 Å². The average Bonchev–Trinajstić information content (AvgIpc) is 2.74. The molecule has 3 rings (SSSR count). The molecule has 0 fully saturated rings. The molecular formula is C21H20N4O5. The number of ether oxygens (including phenoxy) is 1. The highest BCUT2D eigenvalue weighted by Crippen LogP contribution is 2.21. The first-order valence-corrected chi connectivity index (χ1v) is 9.27. The van der Waals surface area contributed by atoms with Gasteiger partial charge in [0.2, 0.25) is 5.91 Å². The van der Waals surface area contributed by atoms with Crippen LogP contribution in [0.1, 0.15) is 19.9 Å². The Hall–Kier alpha value is -4.01. The van der Waals surface area contributed by atoms with E-state index in [1.54, 1.807) is 18.2 Å². The highest BCUT2D eigenvalue weighted by Gasteiger charge is 2.19. The summed E-state index contributed by atoms with van der Waals surface area (Å²) in [5, 5.41) is 17.8. The predicted molar refractivity (Wildman–Crippen MR) is 112 cm³/mol. The quantitative estimate of drug-likeness (QED) is 0.473. The molecule has 1 aromatic heterocycles. The fourth-order valence-corrected chi connectivity index (χ4v) is 2.80. The van der Waals surface area contributed by atoms with E-state index in [2.05, 4.69) is 10.4 Å². The Labute approximate surface area is 172 Å². The molecule has 0 bridgehead atoms. The maximum Gasteiger partial charge on any atom is 0.271 e. The van der Waals surface area contributed by atoms with Gasteiger partial charge in [0.25, 0.3) is 11.2 Å². The van der Waals surface area contributed by atoms with Crippen LogP contribution in [0.5, 0.6) is 5.75 Å². The molecule has 0 saturated carbocycles. The van der Waals surface area contributed by atoms with Crippen LogP contribution in [0.2, 0.25) is 0 Å². The number of anilines is 1. The van der Waals surface area contributed by atoms with Crippen molar-refractivity contribution >= 4 is 17.3 Å². The van der Waals surface area contributed by atoms with Crippen LogP contribution < -0.4 is 15.6 Å². The van der Waals surface area contributed by atoms with Gasteiger partial charge in [0.1, 0.15) is 11.8 Å². The van der Waals surface area contributed by atoms with E-state index in [0.29, 0.717) is 12.3 Å². The van der Waals surface area contributed by atoms with Crippen LogP contribution in [-0.4, -0.2) is 27.2 Å². The fraction of sp³-hybridized carbons (Fsp3) is 0.190. The van der Waals surface area contributed by atoms with Crippen molar-refractivity contribution in [3.8, 4) is 17.0 Å². The van der Waals surface area contributed by atoms with E-state index in [0.717, 1.165) is 16.0 Å². The highest BCUT2D eigenvalue weighted by atomic mass is 16.6. The number of carbonyl (C=O) groups excluding carboxylic acids is 1. The zero-order chi connectivity index (χ0) is 21.7. The number of aromatic nitrogens is 2. The summed E-state index contributed by atoms with van der Waals surface area (Å²) in [6.45, 7) is 3.98. The number of amides is 1. The van der Waals surface area contributed by atoms with Gasteiger partial charge in [-0.15, -0.1) is 0 Å². The minimum absolute atomic E-state index is 0.145. The first kappa shape index (κ1) is 20.7. The molecule has 1 unspecified atom stereocenters. The van der Waals surface area contributed by atoms with Gasteiger partial charge in [-0.25, -0.2) is 4.68 Å². The molecule has 1 heterocycles. The van der Waals surface area contributed by atoms with Crippen LogP contribution in [0.15, 0.2) is 65.5 Å². The minimum atomic E-state index is -0.931. The zero-order valence-electron chi connectivity index (χ0n) is 16.4. The highest BCUT2D eigenvalue weighted by molar-refractivity contribution is 5.93. The van der Waals surface area contributed by atoms with Crippen LogP contribution in [0.3, 0.4) is 0 Å². The summed E-state index contributed by atoms with van der Waals surface area (Å²) in [5.74, 6) is 0.202. The van der Waals surface area contributed by atoms with Crippen molar-refractivity contribution in [2.45, 2.75) is 19.9 Å². The van der Waals surface area contributed by atoms with Gasteiger partial charge in [-0.05, 0) is 50.2 Å². The molecule has 2 aromatic carbocycles. The first-order chi connectivity index (χ1) is 14.4. The molecule has 0 aliphatic rings. The number of non-ortho nitro benzene ring substituents is 1. The van der Waals surface area contributed by atoms with Crippen molar-refractivity contribution in [2.75, 3.05) is 11.9 Å². The third kappa shape index (κ3) is 4.69. The second-order valence-corrected chi connectivity index (χ2v) is 6.43. The van der Waals surface area contributed by atoms with Gasteiger partial charge in [-0.1, -0.05) is 6.07 Å². The van der Waals surface area contributed by atoms with E-state index in [4.69, 9.17) is 4.74 Å². The third-order valence-electron chi connectivity index (χ3n) is 4.36. The van der Waals surface area contributed by atoms with Gasteiger partial charge >= 0.3 is 0 Å². The SMILES string of the molecule is CCOc1ccc(-c2ccc(=O)n(C(C)C(=O)Nc3cccc([N+](=O)[O-])c3)n2)cc1. The summed E-state index contributed by atoms with van der Waals surface area (Å²) in [4.78, 5) is 35.3. The molecule has 0 aliphatic heterocycles. The lowest BCUT2D eigenvalue weighted by Gasteiger charge is -2.15.